The van der Waals surface area contributed by atoms with Crippen molar-refractivity contribution < 1.29 is 13.9 Å². The van der Waals surface area contributed by atoms with Gasteiger partial charge in [0.15, 0.2) is 11.5 Å². The third-order valence-corrected chi connectivity index (χ3v) is 4.10. The highest BCUT2D eigenvalue weighted by Crippen LogP contribution is 2.37. The molecule has 7 nitrogen and oxygen atoms in total. The maximum Gasteiger partial charge on any atom is 0.263 e. The molecule has 3 rings (SSSR count). The Labute approximate surface area is 158 Å². The lowest BCUT2D eigenvalue weighted by Gasteiger charge is -2.15. The molecule has 0 radical (unpaired) electrons. The summed E-state index contributed by atoms with van der Waals surface area (Å²) in [6.45, 7) is 0.537. The summed E-state index contributed by atoms with van der Waals surface area (Å²) < 4.78 is 24.2. The second-order valence-corrected chi connectivity index (χ2v) is 6.04. The highest BCUT2D eigenvalue weighted by atomic mass is 35.5. The highest BCUT2D eigenvalue weighted by molar-refractivity contribution is 6.32. The van der Waals surface area contributed by atoms with Crippen LogP contribution in [0.5, 0.6) is 11.5 Å². The van der Waals surface area contributed by atoms with Crippen molar-refractivity contribution in [2.24, 2.45) is 0 Å². The van der Waals surface area contributed by atoms with Crippen molar-refractivity contribution in [3.8, 4) is 11.5 Å². The summed E-state index contributed by atoms with van der Waals surface area (Å²) in [6.07, 6.45) is 0. The van der Waals surface area contributed by atoms with E-state index >= 15 is 0 Å². The number of tetrazole rings is 1. The van der Waals surface area contributed by atoms with E-state index in [1.165, 1.54) is 19.2 Å². The number of methoxy groups -OCH3 is 1. The predicted molar refractivity (Wildman–Crippen MR) is 95.3 cm³/mol. The predicted octanol–water partition coefficient (Wildman–Crippen LogP) is 3.85. The number of halogens is 3. The lowest BCUT2D eigenvalue weighted by atomic mass is 10.2. The molecule has 0 spiro atoms. The van der Waals surface area contributed by atoms with Crippen LogP contribution in [0, 0.1) is 5.82 Å². The fraction of sp³-hybridized carbons (Fsp3) is 0.188. The molecule has 0 aliphatic carbocycles. The van der Waals surface area contributed by atoms with Gasteiger partial charge >= 0.3 is 0 Å². The molecule has 2 aromatic carbocycles. The normalized spacial score (nSPS) is 10.6. The van der Waals surface area contributed by atoms with Crippen molar-refractivity contribution in [3.63, 3.8) is 0 Å². The Morgan fingerprint density at radius 3 is 2.73 bits per heavy atom. The molecule has 0 fully saturated rings. The molecular weight excluding hydrogens is 384 g/mol. The number of hydrogen-bond donors (Lipinski definition) is 2. The number of H-pyrrole nitrogens is 1. The van der Waals surface area contributed by atoms with Gasteiger partial charge in [-0.1, -0.05) is 34.4 Å². The van der Waals surface area contributed by atoms with E-state index in [1.54, 1.807) is 18.2 Å². The third-order valence-electron chi connectivity index (χ3n) is 3.47. The molecule has 3 aromatic rings. The van der Waals surface area contributed by atoms with E-state index in [9.17, 15) is 4.39 Å². The lowest BCUT2D eigenvalue weighted by Crippen LogP contribution is -2.04. The van der Waals surface area contributed by atoms with Gasteiger partial charge in [-0.05, 0) is 35.0 Å². The average molecular weight is 398 g/mol. The minimum absolute atomic E-state index is 0.121. The minimum Gasteiger partial charge on any atom is -0.493 e. The molecular formula is C16H14Cl2FN5O2. The zero-order chi connectivity index (χ0) is 18.5. The molecule has 2 N–H and O–H groups in total. The number of anilines is 1. The second-order valence-electron chi connectivity index (χ2n) is 5.22. The minimum atomic E-state index is -0.409. The van der Waals surface area contributed by atoms with Crippen molar-refractivity contribution >= 4 is 29.2 Å². The smallest absolute Gasteiger partial charge is 0.263 e. The quantitative estimate of drug-likeness (QED) is 0.629. The zero-order valence-corrected chi connectivity index (χ0v) is 15.1. The van der Waals surface area contributed by atoms with E-state index in [1.807, 2.05) is 0 Å². The molecule has 136 valence electrons. The van der Waals surface area contributed by atoms with Crippen LogP contribution < -0.4 is 14.8 Å². The summed E-state index contributed by atoms with van der Waals surface area (Å²) in [5, 5.41) is 17.1. The van der Waals surface area contributed by atoms with Crippen LogP contribution in [0.1, 0.15) is 11.1 Å². The number of rotatable bonds is 7. The van der Waals surface area contributed by atoms with Crippen LogP contribution in [-0.2, 0) is 13.2 Å². The summed E-state index contributed by atoms with van der Waals surface area (Å²) in [5.74, 6) is 0.790. The maximum atomic E-state index is 13.1. The van der Waals surface area contributed by atoms with E-state index in [-0.39, 0.29) is 11.6 Å². The zero-order valence-electron chi connectivity index (χ0n) is 13.6. The molecule has 1 aromatic heterocycles. The molecule has 0 atom stereocenters. The topological polar surface area (TPSA) is 85.0 Å². The van der Waals surface area contributed by atoms with Crippen molar-refractivity contribution in [2.75, 3.05) is 12.4 Å². The van der Waals surface area contributed by atoms with Crippen LogP contribution in [0.4, 0.5) is 10.3 Å². The first kappa shape index (κ1) is 18.2. The number of benzene rings is 2. The first-order chi connectivity index (χ1) is 12.6. The Bertz CT molecular complexity index is 893. The molecule has 0 saturated heterocycles. The molecule has 10 heteroatoms. The van der Waals surface area contributed by atoms with Gasteiger partial charge in [0.25, 0.3) is 5.95 Å². The number of ether oxygens (including phenoxy) is 2. The lowest BCUT2D eigenvalue weighted by molar-refractivity contribution is 0.284. The Morgan fingerprint density at radius 1 is 1.19 bits per heavy atom. The largest absolute Gasteiger partial charge is 0.493 e. The average Bonchev–Trinajstić information content (AvgIpc) is 3.13. The number of hydrogen-bond acceptors (Lipinski definition) is 6. The van der Waals surface area contributed by atoms with E-state index in [2.05, 4.69) is 25.9 Å². The Kier molecular flexibility index (Phi) is 5.75. The van der Waals surface area contributed by atoms with Crippen molar-refractivity contribution in [1.82, 2.24) is 20.6 Å². The Balaban J connectivity index is 1.74. The van der Waals surface area contributed by atoms with Crippen molar-refractivity contribution in [2.45, 2.75) is 13.2 Å². The second kappa shape index (κ2) is 8.20. The number of aromatic amines is 1. The van der Waals surface area contributed by atoms with E-state index in [4.69, 9.17) is 32.7 Å². The Morgan fingerprint density at radius 2 is 2.04 bits per heavy atom. The third kappa shape index (κ3) is 4.33. The van der Waals surface area contributed by atoms with Crippen LogP contribution in [0.25, 0.3) is 0 Å². The van der Waals surface area contributed by atoms with Gasteiger partial charge in [-0.3, -0.25) is 0 Å². The summed E-state index contributed by atoms with van der Waals surface area (Å²) >= 11 is 12.3. The van der Waals surface area contributed by atoms with Gasteiger partial charge < -0.3 is 14.8 Å². The first-order valence-electron chi connectivity index (χ1n) is 7.47. The molecule has 0 saturated carbocycles. The van der Waals surface area contributed by atoms with Crippen LogP contribution in [-0.4, -0.2) is 27.7 Å². The highest BCUT2D eigenvalue weighted by Gasteiger charge is 2.14. The van der Waals surface area contributed by atoms with Gasteiger partial charge in [-0.2, -0.15) is 5.21 Å². The fourth-order valence-electron chi connectivity index (χ4n) is 2.22. The van der Waals surface area contributed by atoms with Gasteiger partial charge in [-0.25, -0.2) is 4.39 Å². The van der Waals surface area contributed by atoms with E-state index in [0.29, 0.717) is 34.6 Å². The summed E-state index contributed by atoms with van der Waals surface area (Å²) in [4.78, 5) is 0. The van der Waals surface area contributed by atoms with Crippen LogP contribution in [0.15, 0.2) is 30.3 Å². The van der Waals surface area contributed by atoms with Gasteiger partial charge in [-0.15, -0.1) is 5.10 Å². The van der Waals surface area contributed by atoms with Gasteiger partial charge in [0.2, 0.25) is 0 Å². The van der Waals surface area contributed by atoms with Crippen LogP contribution in [0.2, 0.25) is 10.0 Å². The molecule has 26 heavy (non-hydrogen) atoms. The molecule has 0 unspecified atom stereocenters. The maximum absolute atomic E-state index is 13.1. The van der Waals surface area contributed by atoms with E-state index < -0.39 is 5.82 Å². The molecule has 1 heterocycles. The van der Waals surface area contributed by atoms with Crippen molar-refractivity contribution in [1.29, 1.82) is 0 Å². The van der Waals surface area contributed by atoms with Gasteiger partial charge in [0.05, 0.1) is 17.2 Å². The number of nitrogens with zero attached hydrogens (tertiary/aromatic N) is 3. The first-order valence-corrected chi connectivity index (χ1v) is 8.23. The molecule has 0 aliphatic heterocycles. The molecule has 0 amide bonds. The molecule has 0 bridgehead atoms. The van der Waals surface area contributed by atoms with E-state index in [0.717, 1.165) is 5.56 Å². The van der Waals surface area contributed by atoms with Gasteiger partial charge in [0, 0.05) is 12.1 Å². The summed E-state index contributed by atoms with van der Waals surface area (Å²) in [5.41, 5.74) is 1.47. The number of nitrogens with one attached hydrogen (secondary N) is 2. The SMILES string of the molecule is COc1cc(CNc2nn[nH]n2)cc(Cl)c1OCc1ccc(F)cc1Cl. The standard InChI is InChI=1S/C16H14Cl2FN5O2/c1-25-14-5-9(7-20-16-21-23-24-22-16)4-13(18)15(14)26-8-10-2-3-11(19)6-12(10)17/h2-6H,7-8H2,1H3,(H2,20,21,22,23,24). The Hall–Kier alpha value is -2.58. The van der Waals surface area contributed by atoms with Crippen LogP contribution in [0.3, 0.4) is 0 Å². The van der Waals surface area contributed by atoms with Gasteiger partial charge in [0.1, 0.15) is 12.4 Å². The number of aromatic nitrogens is 4. The molecule has 0 aliphatic rings. The van der Waals surface area contributed by atoms with Crippen LogP contribution >= 0.6 is 23.2 Å². The summed E-state index contributed by atoms with van der Waals surface area (Å²) in [7, 11) is 1.51. The monoisotopic (exact) mass is 397 g/mol. The van der Waals surface area contributed by atoms with Crippen molar-refractivity contribution in [3.05, 3.63) is 57.3 Å². The summed E-state index contributed by atoms with van der Waals surface area (Å²) in [6, 6.07) is 7.61. The fourth-order valence-corrected chi connectivity index (χ4v) is 2.73.